The molecule has 4 aliphatic rings. The quantitative estimate of drug-likeness (QED) is 0.0953. The number of cyclic esters (lactones) is 1. The van der Waals surface area contributed by atoms with Gasteiger partial charge in [-0.2, -0.15) is 0 Å². The lowest BCUT2D eigenvalue weighted by molar-refractivity contribution is -0.341. The number of aliphatic hydroxyl groups is 4. The minimum absolute atomic E-state index is 0.123. The fraction of sp³-hybridized carbons (Fsp3) is 0.571. The van der Waals surface area contributed by atoms with Crippen molar-refractivity contribution in [3.63, 3.8) is 0 Å². The monoisotopic (exact) mass is 782 g/mol. The summed E-state index contributed by atoms with van der Waals surface area (Å²) in [4.78, 5) is 63.0. The summed E-state index contributed by atoms with van der Waals surface area (Å²) in [5.74, 6) is -6.90. The van der Waals surface area contributed by atoms with Gasteiger partial charge in [0.05, 0.1) is 25.0 Å². The molecular formula is C35H42O20. The molecule has 5 rings (SSSR count). The minimum atomic E-state index is -1.86. The van der Waals surface area contributed by atoms with Crippen LogP contribution < -0.4 is 4.74 Å². The number of carbonyl (C=O) groups is 5. The van der Waals surface area contributed by atoms with Gasteiger partial charge in [-0.15, -0.1) is 6.58 Å². The van der Waals surface area contributed by atoms with E-state index in [1.165, 1.54) is 24.5 Å². The van der Waals surface area contributed by atoms with Crippen LogP contribution in [0.25, 0.3) is 0 Å². The highest BCUT2D eigenvalue weighted by atomic mass is 16.8. The summed E-state index contributed by atoms with van der Waals surface area (Å²) >= 11 is 0. The van der Waals surface area contributed by atoms with Crippen LogP contribution in [0.3, 0.4) is 0 Å². The van der Waals surface area contributed by atoms with Gasteiger partial charge in [-0.05, 0) is 18.6 Å². The number of aliphatic hydroxyl groups excluding tert-OH is 4. The Morgan fingerprint density at radius 2 is 1.56 bits per heavy atom. The maximum atomic E-state index is 13.8. The van der Waals surface area contributed by atoms with Gasteiger partial charge in [-0.3, -0.25) is 14.4 Å². The van der Waals surface area contributed by atoms with Gasteiger partial charge in [-0.1, -0.05) is 12.1 Å². The summed E-state index contributed by atoms with van der Waals surface area (Å²) in [6, 6.07) is 3.52. The number of benzene rings is 1. The number of carbonyl (C=O) groups excluding carboxylic acids is 5. The molecule has 0 bridgehead atoms. The van der Waals surface area contributed by atoms with Crippen molar-refractivity contribution in [1.29, 1.82) is 0 Å². The maximum absolute atomic E-state index is 13.8. The molecule has 0 aliphatic carbocycles. The molecular weight excluding hydrogens is 740 g/mol. The fourth-order valence-electron chi connectivity index (χ4n) is 6.52. The molecule has 1 aromatic rings. The summed E-state index contributed by atoms with van der Waals surface area (Å²) in [5.41, 5.74) is -0.309. The molecule has 0 unspecified atom stereocenters. The molecule has 13 atom stereocenters. The lowest BCUT2D eigenvalue weighted by Gasteiger charge is -2.46. The third kappa shape index (κ3) is 9.18. The number of hydrogen-bond donors (Lipinski definition) is 5. The number of phenolic OH excluding ortho intramolecular Hbond substituents is 1. The summed E-state index contributed by atoms with van der Waals surface area (Å²) in [6.07, 6.45) is -14.8. The Morgan fingerprint density at radius 1 is 0.873 bits per heavy atom. The highest BCUT2D eigenvalue weighted by Crippen LogP contribution is 2.40. The van der Waals surface area contributed by atoms with Crippen molar-refractivity contribution < 1.29 is 96.9 Å². The number of para-hydroxylation sites is 1. The zero-order valence-electron chi connectivity index (χ0n) is 29.8. The SMILES string of the molecule is C=C[C@H]1[C@@H](O[C@@H]2O[C@@H](COC(C)=O)[C@@H](OC(=O)c3cccc(O[C@H]4O[C@@H](CO)[C@H](O)[C@H](O)[C@H]4O)c3O)[C@H](OC(C)=O)[C@H]2OC(C)=O)OC=C2C(=O)OCC[C@@H]21. The minimum Gasteiger partial charge on any atom is -0.504 e. The second-order valence-electron chi connectivity index (χ2n) is 12.9. The Balaban J connectivity index is 1.45. The molecule has 3 saturated heterocycles. The number of phenols is 1. The first kappa shape index (κ1) is 41.3. The van der Waals surface area contributed by atoms with Gasteiger partial charge in [-0.25, -0.2) is 9.59 Å². The van der Waals surface area contributed by atoms with E-state index in [1.807, 2.05) is 0 Å². The second-order valence-corrected chi connectivity index (χ2v) is 12.9. The van der Waals surface area contributed by atoms with Crippen molar-refractivity contribution >= 4 is 29.8 Å². The third-order valence-corrected chi connectivity index (χ3v) is 9.15. The number of ether oxygens (including phenoxy) is 10. The van der Waals surface area contributed by atoms with Gasteiger partial charge in [0.1, 0.15) is 42.7 Å². The Hall–Kier alpha value is -4.83. The van der Waals surface area contributed by atoms with Gasteiger partial charge >= 0.3 is 29.8 Å². The summed E-state index contributed by atoms with van der Waals surface area (Å²) in [6.45, 7) is 5.72. The van der Waals surface area contributed by atoms with E-state index in [-0.39, 0.29) is 12.2 Å². The number of fused-ring (bicyclic) bond motifs is 1. The number of rotatable bonds is 12. The van der Waals surface area contributed by atoms with Crippen LogP contribution in [0, 0.1) is 11.8 Å². The molecule has 0 spiro atoms. The molecule has 302 valence electrons. The Labute approximate surface area is 313 Å². The molecule has 4 heterocycles. The van der Waals surface area contributed by atoms with Crippen LogP contribution in [0.15, 0.2) is 42.7 Å². The molecule has 0 amide bonds. The van der Waals surface area contributed by atoms with Crippen LogP contribution >= 0.6 is 0 Å². The van der Waals surface area contributed by atoms with Gasteiger partial charge in [0.15, 0.2) is 29.8 Å². The predicted molar refractivity (Wildman–Crippen MR) is 175 cm³/mol. The number of esters is 5. The number of aromatic hydroxyl groups is 1. The molecule has 4 aliphatic heterocycles. The zero-order valence-corrected chi connectivity index (χ0v) is 29.8. The van der Waals surface area contributed by atoms with Crippen molar-refractivity contribution in [2.75, 3.05) is 19.8 Å². The van der Waals surface area contributed by atoms with E-state index in [9.17, 15) is 49.5 Å². The van der Waals surface area contributed by atoms with Gasteiger partial charge in [0.25, 0.3) is 0 Å². The third-order valence-electron chi connectivity index (χ3n) is 9.15. The first-order chi connectivity index (χ1) is 26.1. The van der Waals surface area contributed by atoms with E-state index in [4.69, 9.17) is 47.4 Å². The molecule has 0 saturated carbocycles. The standard InChI is InChI=1S/C35H42O20/c1-5-17-18-9-10-46-31(44)20(18)12-48-33(17)55-35-30(50-16(4)39)29(49-15(3)38)28(23(53-35)13-47-14(2)37)54-32(45)19-7-6-8-21(24(19)40)51-34-27(43)26(42)25(41)22(11-36)52-34/h5-8,12,17-18,22-23,25-30,33-36,40-43H,1,9-11,13H2,2-4H3/t17-,18-,22+,23+,25+,26+,27-,28-,29+,30-,33-,34+,35+/m1/s1. The highest BCUT2D eigenvalue weighted by molar-refractivity contribution is 5.93. The van der Waals surface area contributed by atoms with E-state index in [1.54, 1.807) is 0 Å². The Morgan fingerprint density at radius 3 is 2.22 bits per heavy atom. The molecule has 3 fully saturated rings. The molecule has 5 N–H and O–H groups in total. The molecule has 0 aromatic heterocycles. The second kappa shape index (κ2) is 17.8. The summed E-state index contributed by atoms with van der Waals surface area (Å²) < 4.78 is 55.9. The van der Waals surface area contributed by atoms with E-state index in [0.29, 0.717) is 6.42 Å². The van der Waals surface area contributed by atoms with E-state index >= 15 is 0 Å². The Bertz CT molecular complexity index is 1640. The zero-order chi connectivity index (χ0) is 40.1. The van der Waals surface area contributed by atoms with Crippen molar-refractivity contribution in [3.8, 4) is 11.5 Å². The van der Waals surface area contributed by atoms with Crippen LogP contribution in [0.1, 0.15) is 37.6 Å². The average molecular weight is 783 g/mol. The predicted octanol–water partition coefficient (Wildman–Crippen LogP) is -1.13. The van der Waals surface area contributed by atoms with Crippen molar-refractivity contribution in [2.24, 2.45) is 11.8 Å². The van der Waals surface area contributed by atoms with Gasteiger partial charge in [0, 0.05) is 32.6 Å². The lowest BCUT2D eigenvalue weighted by Crippen LogP contribution is -2.63. The smallest absolute Gasteiger partial charge is 0.342 e. The lowest BCUT2D eigenvalue weighted by atomic mass is 9.81. The fourth-order valence-corrected chi connectivity index (χ4v) is 6.52. The number of hydrogen-bond acceptors (Lipinski definition) is 20. The van der Waals surface area contributed by atoms with Gasteiger partial charge < -0.3 is 72.9 Å². The van der Waals surface area contributed by atoms with Crippen LogP contribution in [-0.4, -0.2) is 143 Å². The normalized spacial score (nSPS) is 34.3. The Kier molecular flexibility index (Phi) is 13.3. The molecule has 1 aromatic carbocycles. The van der Waals surface area contributed by atoms with Crippen LogP contribution in [0.4, 0.5) is 0 Å². The average Bonchev–Trinajstić information content (AvgIpc) is 3.13. The van der Waals surface area contributed by atoms with Crippen LogP contribution in [0.5, 0.6) is 11.5 Å². The van der Waals surface area contributed by atoms with Crippen molar-refractivity contribution in [2.45, 2.75) is 94.9 Å². The van der Waals surface area contributed by atoms with Crippen molar-refractivity contribution in [3.05, 3.63) is 48.3 Å². The van der Waals surface area contributed by atoms with E-state index < -0.39 is 140 Å². The van der Waals surface area contributed by atoms with Crippen LogP contribution in [0.2, 0.25) is 0 Å². The van der Waals surface area contributed by atoms with E-state index in [2.05, 4.69) is 6.58 Å². The molecule has 55 heavy (non-hydrogen) atoms. The largest absolute Gasteiger partial charge is 0.504 e. The molecule has 20 heteroatoms. The first-order valence-electron chi connectivity index (χ1n) is 17.1. The van der Waals surface area contributed by atoms with Crippen LogP contribution in [-0.2, 0) is 61.8 Å². The molecule has 0 radical (unpaired) electrons. The topological polar surface area (TPSA) is 279 Å². The highest BCUT2D eigenvalue weighted by Gasteiger charge is 2.55. The summed E-state index contributed by atoms with van der Waals surface area (Å²) in [5, 5.41) is 51.2. The van der Waals surface area contributed by atoms with Gasteiger partial charge in [0.2, 0.25) is 18.9 Å². The maximum Gasteiger partial charge on any atom is 0.342 e. The summed E-state index contributed by atoms with van der Waals surface area (Å²) in [7, 11) is 0. The molecule has 20 nitrogen and oxygen atoms in total. The van der Waals surface area contributed by atoms with Crippen molar-refractivity contribution in [1.82, 2.24) is 0 Å². The van der Waals surface area contributed by atoms with E-state index in [0.717, 1.165) is 26.8 Å². The first-order valence-corrected chi connectivity index (χ1v) is 17.1.